The first kappa shape index (κ1) is 19.8. The van der Waals surface area contributed by atoms with Crippen LogP contribution in [-0.4, -0.2) is 37.6 Å². The minimum atomic E-state index is -0.215. The molecule has 2 aromatic carbocycles. The third-order valence-electron chi connectivity index (χ3n) is 5.66. The van der Waals surface area contributed by atoms with Crippen molar-refractivity contribution < 1.29 is 13.9 Å². The summed E-state index contributed by atoms with van der Waals surface area (Å²) in [5, 5.41) is 4.46. The van der Waals surface area contributed by atoms with Gasteiger partial charge in [0.15, 0.2) is 11.3 Å². The lowest BCUT2D eigenvalue weighted by Crippen LogP contribution is -2.36. The van der Waals surface area contributed by atoms with Crippen molar-refractivity contribution in [3.05, 3.63) is 64.4 Å². The molecule has 0 radical (unpaired) electrons. The Hall–Kier alpha value is -2.50. The zero-order valence-corrected chi connectivity index (χ0v) is 17.5. The van der Waals surface area contributed by atoms with Gasteiger partial charge in [0.25, 0.3) is 5.91 Å². The number of rotatable bonds is 6. The van der Waals surface area contributed by atoms with E-state index in [0.29, 0.717) is 22.9 Å². The number of nitrogens with zero attached hydrogens (tertiary/aromatic N) is 1. The molecule has 0 aliphatic carbocycles. The number of hydrogen-bond donors (Lipinski definition) is 1. The van der Waals surface area contributed by atoms with Crippen molar-refractivity contribution in [1.82, 2.24) is 10.2 Å². The summed E-state index contributed by atoms with van der Waals surface area (Å²) in [6, 6.07) is 13.7. The number of para-hydroxylation sites is 1. The Balaban J connectivity index is 1.54. The van der Waals surface area contributed by atoms with Crippen molar-refractivity contribution >= 4 is 28.5 Å². The summed E-state index contributed by atoms with van der Waals surface area (Å²) < 4.78 is 11.1. The molecule has 1 fully saturated rings. The zero-order chi connectivity index (χ0) is 20.4. The average Bonchev–Trinajstić information content (AvgIpc) is 3.38. The van der Waals surface area contributed by atoms with Gasteiger partial charge in [-0.15, -0.1) is 0 Å². The second-order valence-corrected chi connectivity index (χ2v) is 7.82. The van der Waals surface area contributed by atoms with Gasteiger partial charge in [0.2, 0.25) is 0 Å². The second kappa shape index (κ2) is 8.47. The molecular formula is C23H25ClN2O3. The summed E-state index contributed by atoms with van der Waals surface area (Å²) in [5.74, 6) is 0.934. The van der Waals surface area contributed by atoms with Crippen LogP contribution in [0.2, 0.25) is 5.02 Å². The lowest BCUT2D eigenvalue weighted by atomic mass is 10.0. The fourth-order valence-electron chi connectivity index (χ4n) is 4.03. The van der Waals surface area contributed by atoms with Crippen LogP contribution in [0.4, 0.5) is 0 Å². The van der Waals surface area contributed by atoms with E-state index < -0.39 is 0 Å². The number of likely N-dealkylation sites (tertiary alicyclic amines) is 1. The minimum Gasteiger partial charge on any atom is -0.497 e. The van der Waals surface area contributed by atoms with E-state index in [9.17, 15) is 4.79 Å². The SMILES string of the molecule is COc1ccc([C@@H](CNC(=O)c2oc3c(Cl)cccc3c2C)N2CCCC2)cc1. The van der Waals surface area contributed by atoms with Crippen LogP contribution < -0.4 is 10.1 Å². The first-order valence-corrected chi connectivity index (χ1v) is 10.3. The van der Waals surface area contributed by atoms with Crippen LogP contribution in [0, 0.1) is 6.92 Å². The molecule has 1 aliphatic rings. The maximum Gasteiger partial charge on any atom is 0.287 e. The number of carbonyl (C=O) groups is 1. The van der Waals surface area contributed by atoms with E-state index in [0.717, 1.165) is 35.4 Å². The van der Waals surface area contributed by atoms with Crippen LogP contribution in [-0.2, 0) is 0 Å². The molecule has 29 heavy (non-hydrogen) atoms. The van der Waals surface area contributed by atoms with Crippen LogP contribution in [0.3, 0.4) is 0 Å². The molecule has 5 nitrogen and oxygen atoms in total. The Morgan fingerprint density at radius 2 is 1.93 bits per heavy atom. The predicted molar refractivity (Wildman–Crippen MR) is 115 cm³/mol. The summed E-state index contributed by atoms with van der Waals surface area (Å²) in [7, 11) is 1.66. The number of benzene rings is 2. The van der Waals surface area contributed by atoms with Gasteiger partial charge in [-0.25, -0.2) is 0 Å². The van der Waals surface area contributed by atoms with Crippen LogP contribution in [0.1, 0.15) is 40.6 Å². The van der Waals surface area contributed by atoms with Gasteiger partial charge in [-0.05, 0) is 56.6 Å². The average molecular weight is 413 g/mol. The number of halogens is 1. The van der Waals surface area contributed by atoms with Gasteiger partial charge in [-0.2, -0.15) is 0 Å². The van der Waals surface area contributed by atoms with E-state index in [1.165, 1.54) is 12.8 Å². The largest absolute Gasteiger partial charge is 0.497 e. The van der Waals surface area contributed by atoms with Crippen LogP contribution >= 0.6 is 11.6 Å². The van der Waals surface area contributed by atoms with Crippen molar-refractivity contribution in [2.45, 2.75) is 25.8 Å². The van der Waals surface area contributed by atoms with Gasteiger partial charge in [-0.3, -0.25) is 9.69 Å². The number of ether oxygens (including phenoxy) is 1. The summed E-state index contributed by atoms with van der Waals surface area (Å²) in [6.45, 7) is 4.46. The summed E-state index contributed by atoms with van der Waals surface area (Å²) >= 11 is 6.22. The molecule has 152 valence electrons. The van der Waals surface area contributed by atoms with Gasteiger partial charge in [0, 0.05) is 17.5 Å². The molecule has 2 heterocycles. The molecular weight excluding hydrogens is 388 g/mol. The number of methoxy groups -OCH3 is 1. The molecule has 1 aliphatic heterocycles. The van der Waals surface area contributed by atoms with Crippen molar-refractivity contribution in [1.29, 1.82) is 0 Å². The van der Waals surface area contributed by atoms with Crippen molar-refractivity contribution in [2.24, 2.45) is 0 Å². The van der Waals surface area contributed by atoms with Crippen molar-refractivity contribution in [3.8, 4) is 5.75 Å². The Labute approximate surface area is 175 Å². The quantitative estimate of drug-likeness (QED) is 0.621. The Kier molecular flexibility index (Phi) is 5.79. The van der Waals surface area contributed by atoms with Crippen LogP contribution in [0.15, 0.2) is 46.9 Å². The van der Waals surface area contributed by atoms with Gasteiger partial charge in [0.05, 0.1) is 18.2 Å². The summed E-state index contributed by atoms with van der Waals surface area (Å²) in [4.78, 5) is 15.3. The molecule has 6 heteroatoms. The maximum absolute atomic E-state index is 12.9. The number of aryl methyl sites for hydroxylation is 1. The normalized spacial score (nSPS) is 15.6. The highest BCUT2D eigenvalue weighted by molar-refractivity contribution is 6.35. The molecule has 1 atom stereocenters. The summed E-state index contributed by atoms with van der Waals surface area (Å²) in [5.41, 5.74) is 2.53. The minimum absolute atomic E-state index is 0.112. The first-order chi connectivity index (χ1) is 14.1. The standard InChI is InChI=1S/C23H25ClN2O3/c1-15-18-6-5-7-19(24)22(18)29-21(15)23(27)25-14-20(26-12-3-4-13-26)16-8-10-17(28-2)11-9-16/h5-11,20H,3-4,12-14H2,1-2H3,(H,25,27)/t20-/m1/s1. The molecule has 4 rings (SSSR count). The Morgan fingerprint density at radius 1 is 1.21 bits per heavy atom. The molecule has 0 unspecified atom stereocenters. The Morgan fingerprint density at radius 3 is 2.59 bits per heavy atom. The maximum atomic E-state index is 12.9. The van der Waals surface area contributed by atoms with Crippen molar-refractivity contribution in [2.75, 3.05) is 26.7 Å². The first-order valence-electron chi connectivity index (χ1n) is 9.92. The Bertz CT molecular complexity index is 1010. The fraction of sp³-hybridized carbons (Fsp3) is 0.348. The zero-order valence-electron chi connectivity index (χ0n) is 16.7. The van der Waals surface area contributed by atoms with Crippen LogP contribution in [0.25, 0.3) is 11.0 Å². The molecule has 0 bridgehead atoms. The predicted octanol–water partition coefficient (Wildman–Crippen LogP) is 4.97. The highest BCUT2D eigenvalue weighted by atomic mass is 35.5. The lowest BCUT2D eigenvalue weighted by molar-refractivity contribution is 0.0911. The van der Waals surface area contributed by atoms with E-state index >= 15 is 0 Å². The molecule has 3 aromatic rings. The highest BCUT2D eigenvalue weighted by Gasteiger charge is 2.25. The third kappa shape index (κ3) is 3.98. The van der Waals surface area contributed by atoms with Gasteiger partial charge in [0.1, 0.15) is 5.75 Å². The monoisotopic (exact) mass is 412 g/mol. The van der Waals surface area contributed by atoms with E-state index in [2.05, 4.69) is 22.3 Å². The number of nitrogens with one attached hydrogen (secondary N) is 1. The fourth-order valence-corrected chi connectivity index (χ4v) is 4.25. The number of furan rings is 1. The smallest absolute Gasteiger partial charge is 0.287 e. The lowest BCUT2D eigenvalue weighted by Gasteiger charge is -2.28. The van der Waals surface area contributed by atoms with Crippen molar-refractivity contribution in [3.63, 3.8) is 0 Å². The summed E-state index contributed by atoms with van der Waals surface area (Å²) in [6.07, 6.45) is 2.36. The molecule has 0 spiro atoms. The molecule has 1 N–H and O–H groups in total. The van der Waals surface area contributed by atoms with E-state index in [-0.39, 0.29) is 11.9 Å². The van der Waals surface area contributed by atoms with Gasteiger partial charge >= 0.3 is 0 Å². The van der Waals surface area contributed by atoms with E-state index in [1.54, 1.807) is 13.2 Å². The number of hydrogen-bond acceptors (Lipinski definition) is 4. The molecule has 1 saturated heterocycles. The topological polar surface area (TPSA) is 54.7 Å². The molecule has 0 saturated carbocycles. The van der Waals surface area contributed by atoms with Gasteiger partial charge in [-0.1, -0.05) is 35.9 Å². The van der Waals surface area contributed by atoms with Crippen LogP contribution in [0.5, 0.6) is 5.75 Å². The van der Waals surface area contributed by atoms with E-state index in [4.69, 9.17) is 20.8 Å². The highest BCUT2D eigenvalue weighted by Crippen LogP contribution is 2.31. The molecule has 1 amide bonds. The number of fused-ring (bicyclic) bond motifs is 1. The third-order valence-corrected chi connectivity index (χ3v) is 5.96. The second-order valence-electron chi connectivity index (χ2n) is 7.41. The van der Waals surface area contributed by atoms with E-state index in [1.807, 2.05) is 31.2 Å². The molecule has 1 aromatic heterocycles. The van der Waals surface area contributed by atoms with Gasteiger partial charge < -0.3 is 14.5 Å². The number of carbonyl (C=O) groups excluding carboxylic acids is 1. The number of amides is 1.